The topological polar surface area (TPSA) is 76.4 Å². The van der Waals surface area contributed by atoms with Crippen LogP contribution in [0.15, 0.2) is 41.8 Å². The van der Waals surface area contributed by atoms with E-state index >= 15 is 0 Å². The van der Waals surface area contributed by atoms with E-state index in [9.17, 15) is 4.79 Å². The zero-order valence-electron chi connectivity index (χ0n) is 15.7. The molecule has 1 saturated heterocycles. The van der Waals surface area contributed by atoms with Crippen molar-refractivity contribution in [2.24, 2.45) is 0 Å². The van der Waals surface area contributed by atoms with Gasteiger partial charge in [-0.1, -0.05) is 6.07 Å². The molecule has 0 aliphatic carbocycles. The van der Waals surface area contributed by atoms with Crippen molar-refractivity contribution in [2.45, 2.75) is 13.5 Å². The van der Waals surface area contributed by atoms with Crippen LogP contribution in [0, 0.1) is 0 Å². The lowest BCUT2D eigenvalue weighted by atomic mass is 10.2. The fraction of sp³-hybridized carbons (Fsp3) is 0.368. The van der Waals surface area contributed by atoms with Crippen LogP contribution in [0.3, 0.4) is 0 Å². The Morgan fingerprint density at radius 1 is 1.14 bits per heavy atom. The molecule has 3 heterocycles. The number of rotatable bonds is 6. The normalized spacial score (nSPS) is 15.0. The average Bonchev–Trinajstić information content (AvgIpc) is 3.41. The first-order valence-electron chi connectivity index (χ1n) is 9.30. The van der Waals surface area contributed by atoms with Crippen molar-refractivity contribution < 1.29 is 9.53 Å². The molecule has 2 aromatic heterocycles. The largest absolute Gasteiger partial charge is 0.494 e. The van der Waals surface area contributed by atoms with Gasteiger partial charge in [-0.2, -0.15) is 4.68 Å². The van der Waals surface area contributed by atoms with Gasteiger partial charge >= 0.3 is 0 Å². The molecule has 1 aliphatic heterocycles. The third-order valence-electron chi connectivity index (χ3n) is 4.68. The Kier molecular flexibility index (Phi) is 5.63. The summed E-state index contributed by atoms with van der Waals surface area (Å²) in [4.78, 5) is 17.5. The molecule has 0 saturated carbocycles. The van der Waals surface area contributed by atoms with Gasteiger partial charge in [0.05, 0.1) is 23.7 Å². The van der Waals surface area contributed by atoms with Gasteiger partial charge in [0.2, 0.25) is 0 Å². The molecule has 0 spiro atoms. The molecule has 1 aliphatic rings. The van der Waals surface area contributed by atoms with E-state index < -0.39 is 0 Å². The maximum atomic E-state index is 12.5. The highest BCUT2D eigenvalue weighted by Crippen LogP contribution is 2.17. The number of piperazine rings is 1. The molecule has 1 aromatic carbocycles. The van der Waals surface area contributed by atoms with Crippen molar-refractivity contribution in [1.82, 2.24) is 30.0 Å². The van der Waals surface area contributed by atoms with Gasteiger partial charge in [-0.05, 0) is 53.1 Å². The summed E-state index contributed by atoms with van der Waals surface area (Å²) in [5, 5.41) is 14.1. The van der Waals surface area contributed by atoms with E-state index in [4.69, 9.17) is 4.74 Å². The smallest absolute Gasteiger partial charge is 0.264 e. The standard InChI is InChI=1S/C19H22N6O2S/c1-2-27-16-7-5-15(6-8-16)25-18(20-21-22-25)14-23-9-11-24(12-10-23)19(26)17-4-3-13-28-17/h3-8,13H,2,9-12,14H2,1H3. The van der Waals surface area contributed by atoms with Gasteiger partial charge in [0.15, 0.2) is 5.82 Å². The summed E-state index contributed by atoms with van der Waals surface area (Å²) in [5.74, 6) is 1.73. The second kappa shape index (κ2) is 8.49. The number of thiophene rings is 1. The minimum absolute atomic E-state index is 0.119. The number of amides is 1. The molecule has 3 aromatic rings. The molecular formula is C19H22N6O2S. The van der Waals surface area contributed by atoms with Crippen LogP contribution in [0.4, 0.5) is 0 Å². The highest BCUT2D eigenvalue weighted by molar-refractivity contribution is 7.12. The maximum Gasteiger partial charge on any atom is 0.264 e. The number of nitrogens with zero attached hydrogens (tertiary/aromatic N) is 6. The molecule has 0 atom stereocenters. The molecule has 1 amide bonds. The maximum absolute atomic E-state index is 12.5. The molecule has 0 bridgehead atoms. The Morgan fingerprint density at radius 2 is 1.93 bits per heavy atom. The van der Waals surface area contributed by atoms with Crippen LogP contribution >= 0.6 is 11.3 Å². The number of tetrazole rings is 1. The molecule has 4 rings (SSSR count). The van der Waals surface area contributed by atoms with Gasteiger partial charge in [-0.3, -0.25) is 9.69 Å². The minimum atomic E-state index is 0.119. The van der Waals surface area contributed by atoms with Crippen LogP contribution in [-0.4, -0.2) is 68.7 Å². The van der Waals surface area contributed by atoms with Crippen LogP contribution in [0.2, 0.25) is 0 Å². The van der Waals surface area contributed by atoms with Crippen molar-refractivity contribution in [3.05, 3.63) is 52.5 Å². The predicted octanol–water partition coefficient (Wildman–Crippen LogP) is 2.08. The van der Waals surface area contributed by atoms with E-state index in [1.54, 1.807) is 4.68 Å². The molecule has 0 N–H and O–H groups in total. The van der Waals surface area contributed by atoms with E-state index in [-0.39, 0.29) is 5.91 Å². The van der Waals surface area contributed by atoms with E-state index in [2.05, 4.69) is 20.4 Å². The second-order valence-corrected chi connectivity index (χ2v) is 7.43. The number of hydrogen-bond donors (Lipinski definition) is 0. The lowest BCUT2D eigenvalue weighted by molar-refractivity contribution is 0.0629. The quantitative estimate of drug-likeness (QED) is 0.633. The first-order valence-corrected chi connectivity index (χ1v) is 10.2. The van der Waals surface area contributed by atoms with Crippen LogP contribution in [0.25, 0.3) is 5.69 Å². The van der Waals surface area contributed by atoms with Crippen LogP contribution in [-0.2, 0) is 6.54 Å². The zero-order chi connectivity index (χ0) is 19.3. The first kappa shape index (κ1) is 18.6. The lowest BCUT2D eigenvalue weighted by Gasteiger charge is -2.34. The third-order valence-corrected chi connectivity index (χ3v) is 5.54. The SMILES string of the molecule is CCOc1ccc(-n2nnnc2CN2CCN(C(=O)c3cccs3)CC2)cc1. The average molecular weight is 398 g/mol. The molecule has 8 nitrogen and oxygen atoms in total. The summed E-state index contributed by atoms with van der Waals surface area (Å²) in [7, 11) is 0. The highest BCUT2D eigenvalue weighted by atomic mass is 32.1. The highest BCUT2D eigenvalue weighted by Gasteiger charge is 2.24. The first-order chi connectivity index (χ1) is 13.7. The summed E-state index contributed by atoms with van der Waals surface area (Å²) < 4.78 is 7.23. The Morgan fingerprint density at radius 3 is 2.61 bits per heavy atom. The van der Waals surface area contributed by atoms with Gasteiger partial charge in [0, 0.05) is 26.2 Å². The molecule has 0 unspecified atom stereocenters. The third kappa shape index (κ3) is 4.05. The molecule has 0 radical (unpaired) electrons. The number of ether oxygens (including phenoxy) is 1. The number of carbonyl (C=O) groups is 1. The summed E-state index contributed by atoms with van der Waals surface area (Å²) in [6.45, 7) is 6.25. The van der Waals surface area contributed by atoms with E-state index in [1.165, 1.54) is 11.3 Å². The minimum Gasteiger partial charge on any atom is -0.494 e. The van der Waals surface area contributed by atoms with Crippen LogP contribution < -0.4 is 4.74 Å². The van der Waals surface area contributed by atoms with Crippen molar-refractivity contribution in [1.29, 1.82) is 0 Å². The van der Waals surface area contributed by atoms with Crippen molar-refractivity contribution in [3.63, 3.8) is 0 Å². The van der Waals surface area contributed by atoms with Gasteiger partial charge in [0.25, 0.3) is 5.91 Å². The number of hydrogen-bond acceptors (Lipinski definition) is 7. The molecule has 1 fully saturated rings. The zero-order valence-corrected chi connectivity index (χ0v) is 16.5. The molecular weight excluding hydrogens is 376 g/mol. The van der Waals surface area contributed by atoms with Gasteiger partial charge in [-0.25, -0.2) is 0 Å². The summed E-state index contributed by atoms with van der Waals surface area (Å²) in [5.41, 5.74) is 0.898. The van der Waals surface area contributed by atoms with Crippen molar-refractivity contribution in [2.75, 3.05) is 32.8 Å². The number of benzene rings is 1. The van der Waals surface area contributed by atoms with E-state index in [0.29, 0.717) is 26.2 Å². The Bertz CT molecular complexity index is 901. The van der Waals surface area contributed by atoms with Crippen LogP contribution in [0.5, 0.6) is 5.75 Å². The van der Waals surface area contributed by atoms with E-state index in [0.717, 1.165) is 35.2 Å². The molecule has 28 heavy (non-hydrogen) atoms. The lowest BCUT2D eigenvalue weighted by Crippen LogP contribution is -2.48. The predicted molar refractivity (Wildman–Crippen MR) is 106 cm³/mol. The van der Waals surface area contributed by atoms with Gasteiger partial charge < -0.3 is 9.64 Å². The monoisotopic (exact) mass is 398 g/mol. The number of carbonyl (C=O) groups excluding carboxylic acids is 1. The summed E-state index contributed by atoms with van der Waals surface area (Å²) >= 11 is 1.49. The number of aromatic nitrogens is 4. The van der Waals surface area contributed by atoms with Gasteiger partial charge in [-0.15, -0.1) is 16.4 Å². The summed E-state index contributed by atoms with van der Waals surface area (Å²) in [6.07, 6.45) is 0. The summed E-state index contributed by atoms with van der Waals surface area (Å²) in [6, 6.07) is 11.5. The van der Waals surface area contributed by atoms with Crippen molar-refractivity contribution in [3.8, 4) is 11.4 Å². The second-order valence-electron chi connectivity index (χ2n) is 6.48. The molecule has 146 valence electrons. The fourth-order valence-electron chi connectivity index (χ4n) is 3.22. The van der Waals surface area contributed by atoms with Crippen LogP contribution in [0.1, 0.15) is 22.4 Å². The Hall–Kier alpha value is -2.78. The van der Waals surface area contributed by atoms with Crippen molar-refractivity contribution >= 4 is 17.2 Å². The van der Waals surface area contributed by atoms with E-state index in [1.807, 2.05) is 53.6 Å². The Balaban J connectivity index is 1.37. The fourth-order valence-corrected chi connectivity index (χ4v) is 3.91. The van der Waals surface area contributed by atoms with Gasteiger partial charge in [0.1, 0.15) is 5.75 Å². The molecule has 9 heteroatoms. The Labute approximate surface area is 167 Å².